The van der Waals surface area contributed by atoms with Crippen molar-refractivity contribution in [1.29, 1.82) is 0 Å². The van der Waals surface area contributed by atoms with E-state index >= 15 is 0 Å². The summed E-state index contributed by atoms with van der Waals surface area (Å²) in [5.41, 5.74) is 1.97. The Hall–Kier alpha value is -4.14. The van der Waals surface area contributed by atoms with E-state index in [0.717, 1.165) is 10.5 Å². The zero-order valence-corrected chi connectivity index (χ0v) is 20.4. The summed E-state index contributed by atoms with van der Waals surface area (Å²) in [4.78, 5) is 50.8. The van der Waals surface area contributed by atoms with Gasteiger partial charge in [-0.2, -0.15) is 0 Å². The van der Waals surface area contributed by atoms with Crippen LogP contribution in [0.4, 0.5) is 16.2 Å². The summed E-state index contributed by atoms with van der Waals surface area (Å²) < 4.78 is 5.51. The number of carbonyl (C=O) groups excluding carboxylic acids is 4. The van der Waals surface area contributed by atoms with Crippen molar-refractivity contribution in [3.05, 3.63) is 93.5 Å². The monoisotopic (exact) mass is 523 g/mol. The summed E-state index contributed by atoms with van der Waals surface area (Å²) in [6.45, 7) is 1.56. The zero-order chi connectivity index (χ0) is 25.8. The molecule has 0 aromatic heterocycles. The first-order chi connectivity index (χ1) is 17.2. The Morgan fingerprint density at radius 1 is 1.00 bits per heavy atom. The molecule has 1 aliphatic heterocycles. The molecule has 0 aliphatic carbocycles. The molecule has 1 aliphatic rings. The van der Waals surface area contributed by atoms with E-state index in [-0.39, 0.29) is 28.0 Å². The van der Waals surface area contributed by atoms with Gasteiger partial charge in [0.15, 0.2) is 12.4 Å². The van der Waals surface area contributed by atoms with Gasteiger partial charge in [0.2, 0.25) is 0 Å². The molecule has 0 atom stereocenters. The number of anilines is 2. The quantitative estimate of drug-likeness (QED) is 0.350. The zero-order valence-electron chi connectivity index (χ0n) is 18.9. The van der Waals surface area contributed by atoms with Crippen molar-refractivity contribution in [2.75, 3.05) is 16.8 Å². The molecule has 1 fully saturated rings. The van der Waals surface area contributed by atoms with Crippen LogP contribution in [0, 0.1) is 6.92 Å². The highest BCUT2D eigenvalue weighted by Gasteiger charge is 2.36. The second kappa shape index (κ2) is 10.6. The molecule has 36 heavy (non-hydrogen) atoms. The van der Waals surface area contributed by atoms with E-state index < -0.39 is 23.8 Å². The van der Waals surface area contributed by atoms with E-state index in [0.29, 0.717) is 16.9 Å². The third-order valence-corrected chi connectivity index (χ3v) is 5.66. The summed E-state index contributed by atoms with van der Waals surface area (Å²) in [6, 6.07) is 17.5. The molecule has 1 saturated heterocycles. The lowest BCUT2D eigenvalue weighted by atomic mass is 10.1. The minimum absolute atomic E-state index is 0.0670. The number of benzene rings is 3. The average molecular weight is 524 g/mol. The lowest BCUT2D eigenvalue weighted by molar-refractivity contribution is -0.122. The number of nitrogens with one attached hydrogen (secondary N) is 2. The Morgan fingerprint density at radius 3 is 2.36 bits per heavy atom. The van der Waals surface area contributed by atoms with Crippen molar-refractivity contribution in [3.63, 3.8) is 0 Å². The number of nitrogens with zero attached hydrogens (tertiary/aromatic N) is 1. The van der Waals surface area contributed by atoms with Gasteiger partial charge < -0.3 is 10.1 Å². The highest BCUT2D eigenvalue weighted by molar-refractivity contribution is 6.40. The van der Waals surface area contributed by atoms with E-state index in [1.54, 1.807) is 36.4 Å². The molecule has 3 aromatic carbocycles. The maximum absolute atomic E-state index is 13.0. The molecule has 8 nitrogen and oxygen atoms in total. The molecule has 0 unspecified atom stereocenters. The van der Waals surface area contributed by atoms with E-state index in [2.05, 4.69) is 10.6 Å². The van der Waals surface area contributed by atoms with Gasteiger partial charge in [-0.1, -0.05) is 53.5 Å². The van der Waals surface area contributed by atoms with Crippen LogP contribution in [0.2, 0.25) is 10.0 Å². The third-order valence-electron chi connectivity index (χ3n) is 5.10. The normalized spacial score (nSPS) is 14.6. The fourth-order valence-electron chi connectivity index (χ4n) is 3.49. The minimum Gasteiger partial charge on any atom is -0.481 e. The fraction of sp³-hybridized carbons (Fsp3) is 0.0769. The number of aryl methyl sites for hydroxylation is 1. The van der Waals surface area contributed by atoms with Crippen LogP contribution >= 0.6 is 23.2 Å². The molecule has 1 heterocycles. The minimum atomic E-state index is -0.850. The Labute approximate surface area is 216 Å². The number of urea groups is 1. The molecule has 2 N–H and O–H groups in total. The summed E-state index contributed by atoms with van der Waals surface area (Å²) in [6.07, 6.45) is 1.27. The number of hydrogen-bond acceptors (Lipinski definition) is 5. The van der Waals surface area contributed by atoms with Gasteiger partial charge in [-0.25, -0.2) is 9.69 Å². The first-order valence-electron chi connectivity index (χ1n) is 10.7. The van der Waals surface area contributed by atoms with E-state index in [1.165, 1.54) is 18.2 Å². The Balaban J connectivity index is 1.51. The standard InChI is InChI=1S/C26H19Cl2N3O5/c1-15-6-5-7-17(10-15)29-22(32)14-36-23-20(27)12-16(13-21(23)28)11-19-24(33)30-26(35)31(25(19)34)18-8-3-2-4-9-18/h2-13H,14H2,1H3,(H,29,32)(H,30,33,35)/b19-11-. The van der Waals surface area contributed by atoms with Crippen LogP contribution < -0.4 is 20.3 Å². The maximum Gasteiger partial charge on any atom is 0.335 e. The molecule has 0 bridgehead atoms. The first-order valence-corrected chi connectivity index (χ1v) is 11.4. The topological polar surface area (TPSA) is 105 Å². The van der Waals surface area contributed by atoms with Crippen molar-refractivity contribution >= 4 is 64.4 Å². The Bertz CT molecular complexity index is 1380. The van der Waals surface area contributed by atoms with Gasteiger partial charge in [-0.15, -0.1) is 0 Å². The van der Waals surface area contributed by atoms with Crippen molar-refractivity contribution in [3.8, 4) is 5.75 Å². The van der Waals surface area contributed by atoms with Gasteiger partial charge in [-0.05, 0) is 60.5 Å². The molecular formula is C26H19Cl2N3O5. The van der Waals surface area contributed by atoms with Crippen LogP contribution in [-0.4, -0.2) is 30.4 Å². The molecule has 4 rings (SSSR count). The maximum atomic E-state index is 13.0. The molecular weight excluding hydrogens is 505 g/mol. The lowest BCUT2D eigenvalue weighted by Crippen LogP contribution is -2.54. The summed E-state index contributed by atoms with van der Waals surface area (Å²) >= 11 is 12.6. The second-order valence-corrected chi connectivity index (χ2v) is 8.63. The molecule has 3 aromatic rings. The van der Waals surface area contributed by atoms with Crippen LogP contribution in [0.15, 0.2) is 72.3 Å². The number of para-hydroxylation sites is 1. The highest BCUT2D eigenvalue weighted by atomic mass is 35.5. The Kier molecular flexibility index (Phi) is 7.38. The van der Waals surface area contributed by atoms with Crippen LogP contribution in [0.25, 0.3) is 6.08 Å². The van der Waals surface area contributed by atoms with Gasteiger partial charge in [0.25, 0.3) is 17.7 Å². The molecule has 5 amide bonds. The van der Waals surface area contributed by atoms with Gasteiger partial charge in [-0.3, -0.25) is 19.7 Å². The second-order valence-electron chi connectivity index (χ2n) is 7.81. The van der Waals surface area contributed by atoms with E-state index in [1.807, 2.05) is 25.1 Å². The van der Waals surface area contributed by atoms with E-state index in [9.17, 15) is 19.2 Å². The van der Waals surface area contributed by atoms with E-state index in [4.69, 9.17) is 27.9 Å². The number of barbiturate groups is 1. The van der Waals surface area contributed by atoms with Gasteiger partial charge >= 0.3 is 6.03 Å². The van der Waals surface area contributed by atoms with Gasteiger partial charge in [0.05, 0.1) is 15.7 Å². The predicted octanol–water partition coefficient (Wildman–Crippen LogP) is 4.99. The van der Waals surface area contributed by atoms with Crippen molar-refractivity contribution in [2.24, 2.45) is 0 Å². The number of rotatable bonds is 6. The molecule has 0 radical (unpaired) electrons. The number of hydrogen-bond donors (Lipinski definition) is 2. The third kappa shape index (κ3) is 5.56. The average Bonchev–Trinajstić information content (AvgIpc) is 2.82. The van der Waals surface area contributed by atoms with Crippen LogP contribution in [0.3, 0.4) is 0 Å². The lowest BCUT2D eigenvalue weighted by Gasteiger charge is -2.26. The first kappa shape index (κ1) is 25.0. The van der Waals surface area contributed by atoms with Crippen LogP contribution in [-0.2, 0) is 14.4 Å². The fourth-order valence-corrected chi connectivity index (χ4v) is 4.11. The number of imide groups is 2. The summed E-state index contributed by atoms with van der Waals surface area (Å²) in [7, 11) is 0. The SMILES string of the molecule is Cc1cccc(NC(=O)COc2c(Cl)cc(/C=C3/C(=O)NC(=O)N(c4ccccc4)C3=O)cc2Cl)c1. The van der Waals surface area contributed by atoms with Crippen molar-refractivity contribution < 1.29 is 23.9 Å². The number of amides is 5. The Morgan fingerprint density at radius 2 is 1.69 bits per heavy atom. The number of carbonyl (C=O) groups is 4. The highest BCUT2D eigenvalue weighted by Crippen LogP contribution is 2.35. The number of ether oxygens (including phenoxy) is 1. The van der Waals surface area contributed by atoms with Crippen LogP contribution in [0.1, 0.15) is 11.1 Å². The molecule has 0 saturated carbocycles. The largest absolute Gasteiger partial charge is 0.481 e. The molecule has 182 valence electrons. The van der Waals surface area contributed by atoms with Gasteiger partial charge in [0, 0.05) is 5.69 Å². The summed E-state index contributed by atoms with van der Waals surface area (Å²) in [5, 5.41) is 5.00. The van der Waals surface area contributed by atoms with Crippen molar-refractivity contribution in [2.45, 2.75) is 6.92 Å². The number of halogens is 2. The smallest absolute Gasteiger partial charge is 0.335 e. The summed E-state index contributed by atoms with van der Waals surface area (Å²) in [5.74, 6) is -1.98. The van der Waals surface area contributed by atoms with Crippen molar-refractivity contribution in [1.82, 2.24) is 5.32 Å². The molecule has 0 spiro atoms. The van der Waals surface area contributed by atoms with Gasteiger partial charge in [0.1, 0.15) is 5.57 Å². The van der Waals surface area contributed by atoms with Crippen LogP contribution in [0.5, 0.6) is 5.75 Å². The predicted molar refractivity (Wildman–Crippen MR) is 137 cm³/mol. The molecule has 10 heteroatoms.